The number of ether oxygens (including phenoxy) is 2. The van der Waals surface area contributed by atoms with Crippen LogP contribution in [0.15, 0.2) is 47.4 Å². The molecular weight excluding hydrogens is 494 g/mol. The van der Waals surface area contributed by atoms with Gasteiger partial charge in [0.2, 0.25) is 16.8 Å². The number of hydrogen-bond donors (Lipinski definition) is 0. The van der Waals surface area contributed by atoms with E-state index >= 15 is 0 Å². The number of hydrogen-bond acceptors (Lipinski definition) is 7. The van der Waals surface area contributed by atoms with Crippen molar-refractivity contribution >= 4 is 15.7 Å². The molecular formula is C24H24F2N4O5S. The van der Waals surface area contributed by atoms with Crippen molar-refractivity contribution in [3.8, 4) is 28.3 Å². The van der Waals surface area contributed by atoms with Crippen LogP contribution in [0.25, 0.3) is 16.8 Å². The molecule has 0 saturated carbocycles. The van der Waals surface area contributed by atoms with Gasteiger partial charge in [-0.2, -0.15) is 14.1 Å². The van der Waals surface area contributed by atoms with Crippen molar-refractivity contribution in [1.82, 2.24) is 14.1 Å². The van der Waals surface area contributed by atoms with E-state index in [1.807, 2.05) is 4.90 Å². The Kier molecular flexibility index (Phi) is 6.17. The molecule has 0 atom stereocenters. The number of nitrogens with zero attached hydrogens (tertiary/aromatic N) is 4. The lowest BCUT2D eigenvalue weighted by molar-refractivity contribution is 0.174. The van der Waals surface area contributed by atoms with E-state index in [2.05, 4.69) is 5.10 Å². The van der Waals surface area contributed by atoms with E-state index in [-0.39, 0.29) is 44.1 Å². The molecule has 12 heteroatoms. The normalized spacial score (nSPS) is 16.1. The highest BCUT2D eigenvalue weighted by molar-refractivity contribution is 7.89. The molecule has 36 heavy (non-hydrogen) atoms. The summed E-state index contributed by atoms with van der Waals surface area (Å²) in [6, 6.07) is 7.79. The van der Waals surface area contributed by atoms with Crippen molar-refractivity contribution in [2.75, 3.05) is 37.9 Å². The van der Waals surface area contributed by atoms with Gasteiger partial charge in [0.15, 0.2) is 11.5 Å². The first-order valence-electron chi connectivity index (χ1n) is 11.4. The molecule has 3 aromatic rings. The number of piperazine rings is 1. The molecule has 0 radical (unpaired) electrons. The van der Waals surface area contributed by atoms with Crippen LogP contribution in [0.5, 0.6) is 11.5 Å². The second-order valence-electron chi connectivity index (χ2n) is 8.80. The molecule has 0 bridgehead atoms. The average molecular weight is 519 g/mol. The first kappa shape index (κ1) is 24.2. The molecule has 0 aliphatic carbocycles. The molecule has 0 N–H and O–H groups in total. The summed E-state index contributed by atoms with van der Waals surface area (Å²) < 4.78 is 66.7. The van der Waals surface area contributed by atoms with E-state index in [1.54, 1.807) is 32.0 Å². The van der Waals surface area contributed by atoms with Crippen molar-refractivity contribution in [1.29, 1.82) is 0 Å². The summed E-state index contributed by atoms with van der Waals surface area (Å²) in [4.78, 5) is 15.5. The number of anilines is 1. The van der Waals surface area contributed by atoms with Crippen LogP contribution in [0.2, 0.25) is 0 Å². The van der Waals surface area contributed by atoms with E-state index < -0.39 is 32.5 Å². The summed E-state index contributed by atoms with van der Waals surface area (Å²) in [5.74, 6) is -0.666. The largest absolute Gasteiger partial charge is 0.454 e. The molecule has 2 aliphatic rings. The Bertz CT molecular complexity index is 1460. The zero-order valence-electron chi connectivity index (χ0n) is 19.6. The summed E-state index contributed by atoms with van der Waals surface area (Å²) in [7, 11) is -3.43. The maximum Gasteiger partial charge on any atom is 0.281 e. The number of aromatic nitrogens is 2. The number of halogens is 2. The lowest BCUT2D eigenvalue weighted by Gasteiger charge is -2.36. The van der Waals surface area contributed by atoms with Crippen LogP contribution >= 0.6 is 0 Å². The maximum absolute atomic E-state index is 14.2. The number of benzene rings is 2. The highest BCUT2D eigenvalue weighted by atomic mass is 32.2. The SMILES string of the molecule is CC(C)S(=O)(=O)N1CCN(c2cnn(-c3ccc4c(c3)OCO4)c(=O)c2-c2cc(F)cc(F)c2)CC1. The number of fused-ring (bicyclic) bond motifs is 1. The standard InChI is InChI=1S/C24H24F2N4O5S/c1-15(2)36(32,33)29-7-5-28(6-8-29)20-13-27-30(19-3-4-21-22(12-19)35-14-34-21)24(31)23(20)16-9-17(25)11-18(26)10-16/h3-4,9-13,15H,5-8,14H2,1-2H3. The van der Waals surface area contributed by atoms with E-state index in [1.165, 1.54) is 10.5 Å². The maximum atomic E-state index is 14.2. The minimum Gasteiger partial charge on any atom is -0.454 e. The van der Waals surface area contributed by atoms with Gasteiger partial charge in [-0.1, -0.05) is 0 Å². The topological polar surface area (TPSA) is 94.0 Å². The highest BCUT2D eigenvalue weighted by Gasteiger charge is 2.31. The predicted molar refractivity (Wildman–Crippen MR) is 129 cm³/mol. The molecule has 9 nitrogen and oxygen atoms in total. The van der Waals surface area contributed by atoms with Gasteiger partial charge in [0, 0.05) is 38.3 Å². The summed E-state index contributed by atoms with van der Waals surface area (Å²) in [6.07, 6.45) is 1.46. The summed E-state index contributed by atoms with van der Waals surface area (Å²) >= 11 is 0. The van der Waals surface area contributed by atoms with Crippen LogP contribution in [0, 0.1) is 11.6 Å². The minimum absolute atomic E-state index is 0.0567. The summed E-state index contributed by atoms with van der Waals surface area (Å²) in [6.45, 7) is 4.30. The Morgan fingerprint density at radius 1 is 0.944 bits per heavy atom. The zero-order valence-corrected chi connectivity index (χ0v) is 20.5. The Labute approximate surface area is 206 Å². The molecule has 3 heterocycles. The van der Waals surface area contributed by atoms with Crippen LogP contribution in [-0.2, 0) is 10.0 Å². The second kappa shape index (κ2) is 9.17. The van der Waals surface area contributed by atoms with Gasteiger partial charge >= 0.3 is 0 Å². The Morgan fingerprint density at radius 2 is 1.61 bits per heavy atom. The molecule has 0 unspecified atom stereocenters. The lowest BCUT2D eigenvalue weighted by Crippen LogP contribution is -2.50. The number of sulfonamides is 1. The highest BCUT2D eigenvalue weighted by Crippen LogP contribution is 2.34. The van der Waals surface area contributed by atoms with Gasteiger partial charge in [0.25, 0.3) is 5.56 Å². The van der Waals surface area contributed by atoms with Crippen molar-refractivity contribution in [2.45, 2.75) is 19.1 Å². The van der Waals surface area contributed by atoms with Crippen molar-refractivity contribution in [3.63, 3.8) is 0 Å². The smallest absolute Gasteiger partial charge is 0.281 e. The van der Waals surface area contributed by atoms with Crippen LogP contribution in [0.3, 0.4) is 0 Å². The molecule has 1 aromatic heterocycles. The molecule has 0 amide bonds. The molecule has 1 saturated heterocycles. The fourth-order valence-electron chi connectivity index (χ4n) is 4.34. The lowest BCUT2D eigenvalue weighted by atomic mass is 10.0. The second-order valence-corrected chi connectivity index (χ2v) is 11.3. The van der Waals surface area contributed by atoms with Crippen molar-refractivity contribution < 1.29 is 26.7 Å². The molecule has 5 rings (SSSR count). The zero-order chi connectivity index (χ0) is 25.6. The third-order valence-electron chi connectivity index (χ3n) is 6.24. The molecule has 2 aliphatic heterocycles. The third kappa shape index (κ3) is 4.30. The monoisotopic (exact) mass is 518 g/mol. The van der Waals surface area contributed by atoms with E-state index in [4.69, 9.17) is 9.47 Å². The third-order valence-corrected chi connectivity index (χ3v) is 8.52. The molecule has 0 spiro atoms. The molecule has 190 valence electrons. The Balaban J connectivity index is 1.58. The van der Waals surface area contributed by atoms with Crippen molar-refractivity contribution in [2.24, 2.45) is 0 Å². The van der Waals surface area contributed by atoms with E-state index in [0.717, 1.165) is 22.9 Å². The Morgan fingerprint density at radius 3 is 2.28 bits per heavy atom. The van der Waals surface area contributed by atoms with E-state index in [9.17, 15) is 22.0 Å². The Hall–Kier alpha value is -3.51. The van der Waals surface area contributed by atoms with Gasteiger partial charge in [-0.15, -0.1) is 0 Å². The molecule has 1 fully saturated rings. The van der Waals surface area contributed by atoms with Gasteiger partial charge in [0.05, 0.1) is 28.4 Å². The minimum atomic E-state index is -3.43. The quantitative estimate of drug-likeness (QED) is 0.513. The molecule has 2 aromatic carbocycles. The first-order chi connectivity index (χ1) is 17.1. The van der Waals surface area contributed by atoms with Crippen LogP contribution < -0.4 is 19.9 Å². The first-order valence-corrected chi connectivity index (χ1v) is 12.9. The summed E-state index contributed by atoms with van der Waals surface area (Å²) in [5.41, 5.74) is 0.279. The van der Waals surface area contributed by atoms with E-state index in [0.29, 0.717) is 22.9 Å². The van der Waals surface area contributed by atoms with Gasteiger partial charge in [0.1, 0.15) is 11.6 Å². The summed E-state index contributed by atoms with van der Waals surface area (Å²) in [5, 5.41) is 3.77. The van der Waals surface area contributed by atoms with Gasteiger partial charge in [-0.3, -0.25) is 4.79 Å². The predicted octanol–water partition coefficient (Wildman–Crippen LogP) is 2.77. The number of rotatable bonds is 5. The van der Waals surface area contributed by atoms with Crippen LogP contribution in [-0.4, -0.2) is 60.7 Å². The fraction of sp³-hybridized carbons (Fsp3) is 0.333. The van der Waals surface area contributed by atoms with Gasteiger partial charge < -0.3 is 14.4 Å². The van der Waals surface area contributed by atoms with Gasteiger partial charge in [-0.05, 0) is 43.7 Å². The fourth-order valence-corrected chi connectivity index (χ4v) is 5.61. The van der Waals surface area contributed by atoms with Crippen molar-refractivity contribution in [3.05, 3.63) is 64.6 Å². The van der Waals surface area contributed by atoms with Crippen LogP contribution in [0.1, 0.15) is 13.8 Å². The van der Waals surface area contributed by atoms with Gasteiger partial charge in [-0.25, -0.2) is 17.2 Å². The van der Waals surface area contributed by atoms with Crippen LogP contribution in [0.4, 0.5) is 14.5 Å². The average Bonchev–Trinajstić information content (AvgIpc) is 3.31.